The molecule has 1 unspecified atom stereocenters. The molecule has 92 valence electrons. The zero-order chi connectivity index (χ0) is 12.4. The van der Waals surface area contributed by atoms with Crippen LogP contribution in [0.25, 0.3) is 0 Å². The van der Waals surface area contributed by atoms with Gasteiger partial charge in [-0.3, -0.25) is 0 Å². The van der Waals surface area contributed by atoms with E-state index >= 15 is 0 Å². The molecule has 1 saturated heterocycles. The second kappa shape index (κ2) is 5.05. The molecule has 1 atom stereocenters. The molecule has 1 aliphatic heterocycles. The lowest BCUT2D eigenvalue weighted by molar-refractivity contribution is 0.569. The minimum Gasteiger partial charge on any atom is -0.389 e. The largest absolute Gasteiger partial charge is 0.389 e. The minimum atomic E-state index is 0.500. The number of aryl methyl sites for hydroxylation is 1. The van der Waals surface area contributed by atoms with Crippen molar-refractivity contribution in [2.75, 3.05) is 18.0 Å². The molecule has 0 aromatic heterocycles. The number of thiocarbonyl (C=S) groups is 1. The highest BCUT2D eigenvalue weighted by Gasteiger charge is 2.23. The standard InChI is InChI=1S/C14H20N2S/c1-3-11-6-7-16(9-11)13-8-10(2)4-5-12(13)14(15)17/h4-5,8,11H,3,6-7,9H2,1-2H3,(H2,15,17). The van der Waals surface area contributed by atoms with Crippen LogP contribution >= 0.6 is 12.2 Å². The third-order valence-electron chi connectivity index (χ3n) is 3.62. The molecule has 1 fully saturated rings. The van der Waals surface area contributed by atoms with Gasteiger partial charge in [0.05, 0.1) is 0 Å². The highest BCUT2D eigenvalue weighted by atomic mass is 32.1. The maximum atomic E-state index is 5.80. The molecule has 0 aliphatic carbocycles. The first-order valence-corrected chi connectivity index (χ1v) is 6.68. The summed E-state index contributed by atoms with van der Waals surface area (Å²) in [4.78, 5) is 2.93. The number of rotatable bonds is 3. The van der Waals surface area contributed by atoms with Crippen molar-refractivity contribution in [1.29, 1.82) is 0 Å². The van der Waals surface area contributed by atoms with Gasteiger partial charge in [-0.25, -0.2) is 0 Å². The second-order valence-electron chi connectivity index (χ2n) is 4.89. The van der Waals surface area contributed by atoms with E-state index in [0.717, 1.165) is 24.6 Å². The molecule has 1 aromatic carbocycles. The Labute approximate surface area is 109 Å². The lowest BCUT2D eigenvalue weighted by Gasteiger charge is -2.22. The summed E-state index contributed by atoms with van der Waals surface area (Å²) in [6, 6.07) is 6.32. The molecule has 1 heterocycles. The number of benzene rings is 1. The van der Waals surface area contributed by atoms with Crippen molar-refractivity contribution in [3.05, 3.63) is 29.3 Å². The summed E-state index contributed by atoms with van der Waals surface area (Å²) in [7, 11) is 0. The van der Waals surface area contributed by atoms with Crippen molar-refractivity contribution >= 4 is 22.9 Å². The summed E-state index contributed by atoms with van der Waals surface area (Å²) in [5, 5.41) is 0. The fraction of sp³-hybridized carbons (Fsp3) is 0.500. The molecule has 0 bridgehead atoms. The van der Waals surface area contributed by atoms with E-state index in [2.05, 4.69) is 30.9 Å². The van der Waals surface area contributed by atoms with E-state index in [4.69, 9.17) is 18.0 Å². The molecule has 1 aromatic rings. The fourth-order valence-electron chi connectivity index (χ4n) is 2.50. The van der Waals surface area contributed by atoms with Crippen LogP contribution in [0.1, 0.15) is 30.9 Å². The Hall–Kier alpha value is -1.09. The first-order chi connectivity index (χ1) is 8.11. The summed E-state index contributed by atoms with van der Waals surface area (Å²) < 4.78 is 0. The Balaban J connectivity index is 2.31. The summed E-state index contributed by atoms with van der Waals surface area (Å²) >= 11 is 5.14. The van der Waals surface area contributed by atoms with Gasteiger partial charge in [-0.15, -0.1) is 0 Å². The van der Waals surface area contributed by atoms with Crippen LogP contribution in [0.5, 0.6) is 0 Å². The Morgan fingerprint density at radius 3 is 2.88 bits per heavy atom. The minimum absolute atomic E-state index is 0.500. The van der Waals surface area contributed by atoms with Gasteiger partial charge in [-0.1, -0.05) is 31.6 Å². The summed E-state index contributed by atoms with van der Waals surface area (Å²) in [6.45, 7) is 6.63. The van der Waals surface area contributed by atoms with Crippen LogP contribution < -0.4 is 10.6 Å². The van der Waals surface area contributed by atoms with E-state index < -0.39 is 0 Å². The lowest BCUT2D eigenvalue weighted by Crippen LogP contribution is -2.23. The van der Waals surface area contributed by atoms with Crippen LogP contribution in [0.4, 0.5) is 5.69 Å². The Kier molecular flexibility index (Phi) is 3.67. The molecular formula is C14H20N2S. The van der Waals surface area contributed by atoms with E-state index in [9.17, 15) is 0 Å². The third-order valence-corrected chi connectivity index (χ3v) is 3.84. The van der Waals surface area contributed by atoms with Crippen LogP contribution in [0, 0.1) is 12.8 Å². The van der Waals surface area contributed by atoms with Gasteiger partial charge < -0.3 is 10.6 Å². The Bertz CT molecular complexity index is 428. The van der Waals surface area contributed by atoms with Gasteiger partial charge in [0, 0.05) is 24.3 Å². The Morgan fingerprint density at radius 2 is 2.29 bits per heavy atom. The predicted molar refractivity (Wildman–Crippen MR) is 77.7 cm³/mol. The van der Waals surface area contributed by atoms with Crippen molar-refractivity contribution in [1.82, 2.24) is 0 Å². The third kappa shape index (κ3) is 2.60. The molecule has 2 nitrogen and oxygen atoms in total. The molecule has 17 heavy (non-hydrogen) atoms. The summed E-state index contributed by atoms with van der Waals surface area (Å²) in [5.74, 6) is 0.815. The van der Waals surface area contributed by atoms with Crippen molar-refractivity contribution in [2.24, 2.45) is 11.7 Å². The zero-order valence-corrected chi connectivity index (χ0v) is 11.4. The monoisotopic (exact) mass is 248 g/mol. The molecule has 0 radical (unpaired) electrons. The van der Waals surface area contributed by atoms with E-state index in [1.54, 1.807) is 0 Å². The number of hydrogen-bond donors (Lipinski definition) is 1. The molecule has 0 saturated carbocycles. The van der Waals surface area contributed by atoms with Crippen LogP contribution in [0.15, 0.2) is 18.2 Å². The van der Waals surface area contributed by atoms with Crippen LogP contribution in [-0.2, 0) is 0 Å². The molecule has 3 heteroatoms. The van der Waals surface area contributed by atoms with Crippen molar-refractivity contribution in [3.63, 3.8) is 0 Å². The molecule has 1 aliphatic rings. The van der Waals surface area contributed by atoms with E-state index in [-0.39, 0.29) is 0 Å². The Morgan fingerprint density at radius 1 is 1.53 bits per heavy atom. The number of anilines is 1. The van der Waals surface area contributed by atoms with Gasteiger partial charge >= 0.3 is 0 Å². The lowest BCUT2D eigenvalue weighted by atomic mass is 10.1. The molecule has 0 spiro atoms. The quantitative estimate of drug-likeness (QED) is 0.834. The normalized spacial score (nSPS) is 19.6. The van der Waals surface area contributed by atoms with Crippen molar-refractivity contribution in [3.8, 4) is 0 Å². The summed E-state index contributed by atoms with van der Waals surface area (Å²) in [5.41, 5.74) is 9.30. The second-order valence-corrected chi connectivity index (χ2v) is 5.33. The predicted octanol–water partition coefficient (Wildman–Crippen LogP) is 2.87. The van der Waals surface area contributed by atoms with Crippen LogP contribution in [0.2, 0.25) is 0 Å². The number of nitrogens with zero attached hydrogens (tertiary/aromatic N) is 1. The zero-order valence-electron chi connectivity index (χ0n) is 10.6. The maximum Gasteiger partial charge on any atom is 0.106 e. The maximum absolute atomic E-state index is 5.80. The van der Waals surface area contributed by atoms with Crippen LogP contribution in [0.3, 0.4) is 0 Å². The van der Waals surface area contributed by atoms with Gasteiger partial charge in [0.25, 0.3) is 0 Å². The van der Waals surface area contributed by atoms with Gasteiger partial charge in [0.15, 0.2) is 0 Å². The highest BCUT2D eigenvalue weighted by Crippen LogP contribution is 2.29. The number of nitrogens with two attached hydrogens (primary N) is 1. The fourth-order valence-corrected chi connectivity index (χ4v) is 2.67. The van der Waals surface area contributed by atoms with E-state index in [1.165, 1.54) is 24.1 Å². The highest BCUT2D eigenvalue weighted by molar-refractivity contribution is 7.80. The first kappa shape index (κ1) is 12.4. The average molecular weight is 248 g/mol. The van der Waals surface area contributed by atoms with Gasteiger partial charge in [0.2, 0.25) is 0 Å². The van der Waals surface area contributed by atoms with Crippen molar-refractivity contribution in [2.45, 2.75) is 26.7 Å². The molecule has 2 rings (SSSR count). The number of hydrogen-bond acceptors (Lipinski definition) is 2. The first-order valence-electron chi connectivity index (χ1n) is 6.27. The van der Waals surface area contributed by atoms with Gasteiger partial charge in [-0.2, -0.15) is 0 Å². The molecular weight excluding hydrogens is 228 g/mol. The smallest absolute Gasteiger partial charge is 0.106 e. The average Bonchev–Trinajstić information content (AvgIpc) is 2.76. The van der Waals surface area contributed by atoms with Gasteiger partial charge in [-0.05, 0) is 37.0 Å². The molecule has 0 amide bonds. The van der Waals surface area contributed by atoms with Crippen LogP contribution in [-0.4, -0.2) is 18.1 Å². The topological polar surface area (TPSA) is 29.3 Å². The van der Waals surface area contributed by atoms with Gasteiger partial charge in [0.1, 0.15) is 4.99 Å². The summed E-state index contributed by atoms with van der Waals surface area (Å²) in [6.07, 6.45) is 2.53. The molecule has 2 N–H and O–H groups in total. The van der Waals surface area contributed by atoms with E-state index in [1.807, 2.05) is 6.07 Å². The SMILES string of the molecule is CCC1CCN(c2cc(C)ccc2C(N)=S)C1. The van der Waals surface area contributed by atoms with Crippen molar-refractivity contribution < 1.29 is 0 Å². The van der Waals surface area contributed by atoms with E-state index in [0.29, 0.717) is 4.99 Å².